The van der Waals surface area contributed by atoms with Gasteiger partial charge in [-0.05, 0) is 56.0 Å². The maximum absolute atomic E-state index is 14.6. The van der Waals surface area contributed by atoms with Crippen LogP contribution in [0.25, 0.3) is 0 Å². The normalized spacial score (nSPS) is 23.4. The van der Waals surface area contributed by atoms with Crippen LogP contribution in [0.1, 0.15) is 31.2 Å². The summed E-state index contributed by atoms with van der Waals surface area (Å²) >= 11 is 0. The maximum Gasteiger partial charge on any atom is 0.511 e. The Morgan fingerprint density at radius 3 is 2.10 bits per heavy atom. The second-order valence-electron chi connectivity index (χ2n) is 6.98. The van der Waals surface area contributed by atoms with Gasteiger partial charge in [-0.2, -0.15) is 13.2 Å². The molecule has 1 fully saturated rings. The van der Waals surface area contributed by atoms with Gasteiger partial charge < -0.3 is 0 Å². The van der Waals surface area contributed by atoms with E-state index in [1.54, 1.807) is 0 Å². The number of benzene rings is 1. The molecule has 1 aliphatic rings. The van der Waals surface area contributed by atoms with Crippen LogP contribution in [-0.2, 0) is 24.8 Å². The Balaban J connectivity index is 2.02. The minimum Gasteiger partial charge on any atom is -0.252 e. The molecule has 1 aromatic heterocycles. The summed E-state index contributed by atoms with van der Waals surface area (Å²) in [6.07, 6.45) is 0.912. The van der Waals surface area contributed by atoms with Gasteiger partial charge in [0.15, 0.2) is 0 Å². The summed E-state index contributed by atoms with van der Waals surface area (Å²) in [6, 6.07) is 3.96. The van der Waals surface area contributed by atoms with Crippen LogP contribution >= 0.6 is 0 Å². The van der Waals surface area contributed by atoms with E-state index in [-0.39, 0.29) is 12.8 Å². The predicted molar refractivity (Wildman–Crippen MR) is 97.2 cm³/mol. The fourth-order valence-electron chi connectivity index (χ4n) is 3.68. The Kier molecular flexibility index (Phi) is 5.75. The molecule has 0 saturated heterocycles. The molecule has 6 nitrogen and oxygen atoms in total. The van der Waals surface area contributed by atoms with Crippen LogP contribution in [0.15, 0.2) is 42.7 Å². The molecule has 1 heterocycles. The molecule has 1 saturated carbocycles. The van der Waals surface area contributed by atoms with Gasteiger partial charge in [0.2, 0.25) is 10.0 Å². The highest BCUT2D eigenvalue weighted by atomic mass is 32.2. The van der Waals surface area contributed by atoms with Crippen molar-refractivity contribution in [2.24, 2.45) is 0 Å². The van der Waals surface area contributed by atoms with Crippen molar-refractivity contribution in [3.8, 4) is 0 Å². The topological polar surface area (TPSA) is 85.2 Å². The number of nitrogens with zero attached hydrogens (tertiary/aromatic N) is 1. The number of rotatable bonds is 5. The number of nitrogens with one attached hydrogen (secondary N) is 1. The summed E-state index contributed by atoms with van der Waals surface area (Å²) in [5, 5.41) is 0. The fourth-order valence-corrected chi connectivity index (χ4v) is 6.54. The molecule has 0 unspecified atom stereocenters. The summed E-state index contributed by atoms with van der Waals surface area (Å²) in [5.41, 5.74) is -5.97. The lowest BCUT2D eigenvalue weighted by atomic mass is 9.81. The number of alkyl halides is 3. The predicted octanol–water partition coefficient (Wildman–Crippen LogP) is 3.22. The number of sulfonamides is 1. The van der Waals surface area contributed by atoms with Gasteiger partial charge in [0, 0.05) is 24.0 Å². The van der Waals surface area contributed by atoms with Gasteiger partial charge >= 0.3 is 15.5 Å². The summed E-state index contributed by atoms with van der Waals surface area (Å²) in [6.45, 7) is 0. The molecule has 1 aromatic carbocycles. The van der Waals surface area contributed by atoms with Crippen LogP contribution in [0.2, 0.25) is 0 Å². The monoisotopic (exact) mass is 472 g/mol. The van der Waals surface area contributed by atoms with Crippen molar-refractivity contribution < 1.29 is 38.8 Å². The van der Waals surface area contributed by atoms with E-state index in [1.807, 2.05) is 0 Å². The van der Waals surface area contributed by atoms with Gasteiger partial charge in [-0.15, -0.1) is 0 Å². The molecular formula is C17H17F5N2O4S2. The fraction of sp³-hybridized carbons (Fsp3) is 0.412. The zero-order valence-corrected chi connectivity index (χ0v) is 16.9. The molecule has 0 aliphatic heterocycles. The molecule has 3 rings (SSSR count). The van der Waals surface area contributed by atoms with Crippen LogP contribution in [-0.4, -0.2) is 32.4 Å². The first-order valence-corrected chi connectivity index (χ1v) is 11.6. The van der Waals surface area contributed by atoms with Crippen molar-refractivity contribution in [3.63, 3.8) is 0 Å². The summed E-state index contributed by atoms with van der Waals surface area (Å²) < 4.78 is 116. The molecule has 30 heavy (non-hydrogen) atoms. The van der Waals surface area contributed by atoms with E-state index in [0.717, 1.165) is 22.2 Å². The molecule has 0 radical (unpaired) electrons. The lowest BCUT2D eigenvalue weighted by molar-refractivity contribution is -0.0452. The zero-order valence-electron chi connectivity index (χ0n) is 15.2. The first kappa shape index (κ1) is 22.7. The molecule has 0 atom stereocenters. The zero-order chi connectivity index (χ0) is 22.4. The molecular weight excluding hydrogens is 455 g/mol. The van der Waals surface area contributed by atoms with Gasteiger partial charge in [0.05, 0.1) is 0 Å². The number of hydrogen-bond acceptors (Lipinski definition) is 4. The smallest absolute Gasteiger partial charge is 0.252 e. The third-order valence-electron chi connectivity index (χ3n) is 5.19. The van der Waals surface area contributed by atoms with Crippen molar-refractivity contribution in [2.45, 2.75) is 42.0 Å². The summed E-state index contributed by atoms with van der Waals surface area (Å²) in [4.78, 5) is 0. The standard InChI is InChI=1S/C17H17F5N2O4S2/c18-12-3-4-15(19)14(11-12)16(30(27,28)24-9-1-2-10-24)7-5-13(6-8-16)23-29(25,26)17(20,21)22/h1-4,9-11,13,23H,5-8H2. The first-order valence-electron chi connectivity index (χ1n) is 8.72. The van der Waals surface area contributed by atoms with Gasteiger partial charge in [0.25, 0.3) is 0 Å². The maximum atomic E-state index is 14.6. The lowest BCUT2D eigenvalue weighted by Crippen LogP contribution is -2.49. The van der Waals surface area contributed by atoms with Gasteiger partial charge in [-0.25, -0.2) is 30.3 Å². The number of aromatic nitrogens is 1. The molecule has 2 aromatic rings. The van der Waals surface area contributed by atoms with Gasteiger partial charge in [-0.3, -0.25) is 3.97 Å². The van der Waals surface area contributed by atoms with E-state index in [9.17, 15) is 38.8 Å². The van der Waals surface area contributed by atoms with E-state index >= 15 is 0 Å². The van der Waals surface area contributed by atoms with Crippen LogP contribution in [0, 0.1) is 11.6 Å². The second-order valence-corrected chi connectivity index (χ2v) is 10.8. The minimum atomic E-state index is -5.63. The lowest BCUT2D eigenvalue weighted by Gasteiger charge is -2.40. The highest BCUT2D eigenvalue weighted by Crippen LogP contribution is 2.46. The van der Waals surface area contributed by atoms with Crippen LogP contribution in [0.4, 0.5) is 22.0 Å². The highest BCUT2D eigenvalue weighted by molar-refractivity contribution is 7.91. The van der Waals surface area contributed by atoms with Crippen LogP contribution < -0.4 is 4.72 Å². The van der Waals surface area contributed by atoms with E-state index in [4.69, 9.17) is 0 Å². The van der Waals surface area contributed by atoms with Crippen LogP contribution in [0.3, 0.4) is 0 Å². The molecule has 1 aliphatic carbocycles. The Bertz CT molecular complexity index is 1120. The molecule has 166 valence electrons. The molecule has 1 N–H and O–H groups in total. The number of hydrogen-bond donors (Lipinski definition) is 1. The average Bonchev–Trinajstić information content (AvgIpc) is 3.19. The van der Waals surface area contributed by atoms with Crippen molar-refractivity contribution in [1.82, 2.24) is 8.69 Å². The van der Waals surface area contributed by atoms with Crippen molar-refractivity contribution in [2.75, 3.05) is 0 Å². The third-order valence-corrected chi connectivity index (χ3v) is 8.85. The minimum absolute atomic E-state index is 0.328. The Labute approximate surface area is 169 Å². The van der Waals surface area contributed by atoms with E-state index in [0.29, 0.717) is 0 Å². The largest absolute Gasteiger partial charge is 0.511 e. The number of halogens is 5. The van der Waals surface area contributed by atoms with Crippen LogP contribution in [0.5, 0.6) is 0 Å². The van der Waals surface area contributed by atoms with Crippen molar-refractivity contribution in [3.05, 3.63) is 59.9 Å². The highest BCUT2D eigenvalue weighted by Gasteiger charge is 2.52. The van der Waals surface area contributed by atoms with E-state index < -0.39 is 66.4 Å². The van der Waals surface area contributed by atoms with Crippen molar-refractivity contribution in [1.29, 1.82) is 0 Å². The summed E-state index contributed by atoms with van der Waals surface area (Å²) in [7, 11) is -9.99. The molecule has 0 amide bonds. The van der Waals surface area contributed by atoms with Gasteiger partial charge in [-0.1, -0.05) is 0 Å². The average molecular weight is 472 g/mol. The quantitative estimate of drug-likeness (QED) is 0.678. The molecule has 0 bridgehead atoms. The Hall–Kier alpha value is -1.99. The Morgan fingerprint density at radius 1 is 1.00 bits per heavy atom. The Morgan fingerprint density at radius 2 is 1.57 bits per heavy atom. The van der Waals surface area contributed by atoms with E-state index in [2.05, 4.69) is 0 Å². The second kappa shape index (κ2) is 7.61. The summed E-state index contributed by atoms with van der Waals surface area (Å²) in [5.74, 6) is -1.87. The third kappa shape index (κ3) is 3.85. The first-order chi connectivity index (χ1) is 13.8. The molecule has 13 heteroatoms. The molecule has 0 spiro atoms. The van der Waals surface area contributed by atoms with Gasteiger partial charge in [0.1, 0.15) is 16.4 Å². The van der Waals surface area contributed by atoms with E-state index in [1.165, 1.54) is 29.2 Å². The van der Waals surface area contributed by atoms with Crippen molar-refractivity contribution >= 4 is 20.0 Å². The SMILES string of the molecule is O=S(=O)(NC1CCC(c2cc(F)ccc2F)(S(=O)(=O)n2cccc2)CC1)C(F)(F)F.